The van der Waals surface area contributed by atoms with E-state index in [0.717, 1.165) is 6.42 Å². The van der Waals surface area contributed by atoms with Crippen molar-refractivity contribution < 1.29 is 9.53 Å². The molecule has 0 aliphatic carbocycles. The molecule has 0 N–H and O–H groups in total. The van der Waals surface area contributed by atoms with E-state index >= 15 is 0 Å². The Morgan fingerprint density at radius 2 is 2.45 bits per heavy atom. The molecule has 20 heavy (non-hydrogen) atoms. The lowest BCUT2D eigenvalue weighted by Gasteiger charge is -2.10. The van der Waals surface area contributed by atoms with Crippen LogP contribution in [0.3, 0.4) is 0 Å². The zero-order valence-electron chi connectivity index (χ0n) is 11.4. The molecule has 0 amide bonds. The van der Waals surface area contributed by atoms with Crippen LogP contribution in [0.2, 0.25) is 0 Å². The van der Waals surface area contributed by atoms with Crippen molar-refractivity contribution in [2.24, 2.45) is 0 Å². The Morgan fingerprint density at radius 3 is 3.15 bits per heavy atom. The van der Waals surface area contributed by atoms with Crippen molar-refractivity contribution in [3.63, 3.8) is 0 Å². The number of carbonyl (C=O) groups is 1. The third kappa shape index (κ3) is 4.04. The fraction of sp³-hybridized carbons (Fsp3) is 0.500. The first kappa shape index (κ1) is 15.0. The molecule has 0 fully saturated rings. The summed E-state index contributed by atoms with van der Waals surface area (Å²) in [5, 5.41) is 13.9. The second-order valence-corrected chi connectivity index (χ2v) is 6.47. The predicted octanol–water partition coefficient (Wildman–Crippen LogP) is 2.22. The van der Waals surface area contributed by atoms with E-state index in [-0.39, 0.29) is 11.2 Å². The first-order chi connectivity index (χ1) is 9.70. The van der Waals surface area contributed by atoms with Crippen molar-refractivity contribution in [3.8, 4) is 0 Å². The van der Waals surface area contributed by atoms with Crippen LogP contribution in [0.25, 0.3) is 0 Å². The number of rotatable bonds is 7. The summed E-state index contributed by atoms with van der Waals surface area (Å²) in [5.74, 6) is -0.234. The lowest BCUT2D eigenvalue weighted by atomic mass is 10.5. The van der Waals surface area contributed by atoms with E-state index in [1.54, 1.807) is 22.9 Å². The molecule has 2 aromatic heterocycles. The number of ether oxygens (including phenoxy) is 1. The van der Waals surface area contributed by atoms with Gasteiger partial charge in [0.2, 0.25) is 5.16 Å². The van der Waals surface area contributed by atoms with Crippen LogP contribution < -0.4 is 0 Å². The number of esters is 1. The third-order valence-electron chi connectivity index (χ3n) is 2.45. The van der Waals surface area contributed by atoms with Crippen LogP contribution in [0.15, 0.2) is 22.7 Å². The molecule has 0 aliphatic rings. The van der Waals surface area contributed by atoms with Gasteiger partial charge >= 0.3 is 5.97 Å². The van der Waals surface area contributed by atoms with E-state index in [4.69, 9.17) is 4.74 Å². The molecule has 1 unspecified atom stereocenters. The summed E-state index contributed by atoms with van der Waals surface area (Å²) in [7, 11) is 0. The smallest absolute Gasteiger partial charge is 0.319 e. The number of thiophene rings is 1. The Hall–Kier alpha value is -1.41. The highest BCUT2D eigenvalue weighted by Crippen LogP contribution is 2.22. The highest BCUT2D eigenvalue weighted by molar-refractivity contribution is 8.00. The van der Waals surface area contributed by atoms with Gasteiger partial charge in [-0.3, -0.25) is 4.79 Å². The van der Waals surface area contributed by atoms with E-state index in [9.17, 15) is 4.79 Å². The van der Waals surface area contributed by atoms with Crippen molar-refractivity contribution in [1.82, 2.24) is 20.2 Å². The summed E-state index contributed by atoms with van der Waals surface area (Å²) in [4.78, 5) is 12.9. The lowest BCUT2D eigenvalue weighted by molar-refractivity contribution is -0.142. The predicted molar refractivity (Wildman–Crippen MR) is 77.8 cm³/mol. The molecule has 108 valence electrons. The van der Waals surface area contributed by atoms with Crippen molar-refractivity contribution >= 4 is 29.1 Å². The Kier molecular flexibility index (Phi) is 5.54. The molecular weight excluding hydrogens is 296 g/mol. The van der Waals surface area contributed by atoms with Crippen molar-refractivity contribution in [2.45, 2.75) is 37.2 Å². The van der Waals surface area contributed by atoms with E-state index in [0.29, 0.717) is 18.3 Å². The first-order valence-electron chi connectivity index (χ1n) is 6.32. The van der Waals surface area contributed by atoms with E-state index < -0.39 is 0 Å². The largest absolute Gasteiger partial charge is 0.465 e. The highest BCUT2D eigenvalue weighted by Gasteiger charge is 2.19. The normalized spacial score (nSPS) is 12.3. The molecule has 0 aromatic carbocycles. The lowest BCUT2D eigenvalue weighted by Crippen LogP contribution is -2.18. The van der Waals surface area contributed by atoms with Gasteiger partial charge in [-0.15, -0.1) is 16.4 Å². The van der Waals surface area contributed by atoms with Crippen LogP contribution >= 0.6 is 23.1 Å². The van der Waals surface area contributed by atoms with Crippen molar-refractivity contribution in [2.75, 3.05) is 6.61 Å². The monoisotopic (exact) mass is 312 g/mol. The second kappa shape index (κ2) is 7.39. The van der Waals surface area contributed by atoms with Crippen LogP contribution in [0.5, 0.6) is 0 Å². The average molecular weight is 312 g/mol. The molecule has 1 atom stereocenters. The quantitative estimate of drug-likeness (QED) is 0.577. The van der Waals surface area contributed by atoms with Gasteiger partial charge in [-0.05, 0) is 35.2 Å². The fourth-order valence-electron chi connectivity index (χ4n) is 1.46. The second-order valence-electron chi connectivity index (χ2n) is 4.13. The molecule has 2 heterocycles. The molecule has 0 bridgehead atoms. The molecular formula is C12H16N4O2S2. The SMILES string of the molecule is CCCOC(=O)C(C)Sc1nnnn1Cc1cccs1. The topological polar surface area (TPSA) is 69.9 Å². The number of carbonyl (C=O) groups excluding carboxylic acids is 1. The van der Waals surface area contributed by atoms with Crippen molar-refractivity contribution in [1.29, 1.82) is 0 Å². The van der Waals surface area contributed by atoms with Crippen LogP contribution in [0.4, 0.5) is 0 Å². The molecule has 0 saturated heterocycles. The van der Waals surface area contributed by atoms with Crippen LogP contribution in [-0.2, 0) is 16.1 Å². The fourth-order valence-corrected chi connectivity index (χ4v) is 2.93. The van der Waals surface area contributed by atoms with Crippen molar-refractivity contribution in [3.05, 3.63) is 22.4 Å². The van der Waals surface area contributed by atoms with Crippen LogP contribution in [-0.4, -0.2) is 38.0 Å². The molecule has 0 radical (unpaired) electrons. The Morgan fingerprint density at radius 1 is 1.60 bits per heavy atom. The van der Waals surface area contributed by atoms with E-state index in [1.165, 1.54) is 16.6 Å². The summed E-state index contributed by atoms with van der Waals surface area (Å²) in [5.41, 5.74) is 0. The van der Waals surface area contributed by atoms with Gasteiger partial charge in [0.05, 0.1) is 13.2 Å². The van der Waals surface area contributed by atoms with Gasteiger partial charge in [0.25, 0.3) is 0 Å². The molecule has 0 saturated carbocycles. The maximum Gasteiger partial charge on any atom is 0.319 e. The Labute approximate surface area is 125 Å². The van der Waals surface area contributed by atoms with Gasteiger partial charge in [-0.25, -0.2) is 4.68 Å². The maximum absolute atomic E-state index is 11.7. The number of tetrazole rings is 1. The van der Waals surface area contributed by atoms with E-state index in [2.05, 4.69) is 15.5 Å². The summed E-state index contributed by atoms with van der Waals surface area (Å²) >= 11 is 2.96. The number of thioether (sulfide) groups is 1. The molecule has 2 aromatic rings. The van der Waals surface area contributed by atoms with Crippen LogP contribution in [0.1, 0.15) is 25.1 Å². The van der Waals surface area contributed by atoms with Gasteiger partial charge < -0.3 is 4.74 Å². The summed E-state index contributed by atoms with van der Waals surface area (Å²) in [6.45, 7) is 4.83. The molecule has 8 heteroatoms. The maximum atomic E-state index is 11.7. The Balaban J connectivity index is 1.96. The van der Waals surface area contributed by atoms with Crippen LogP contribution in [0, 0.1) is 0 Å². The standard InChI is InChI=1S/C12H16N4O2S2/c1-3-6-18-11(17)9(2)20-12-13-14-15-16(12)8-10-5-4-7-19-10/h4-5,7,9H,3,6,8H2,1-2H3. The first-order valence-corrected chi connectivity index (χ1v) is 8.08. The minimum atomic E-state index is -0.324. The van der Waals surface area contributed by atoms with Gasteiger partial charge in [0, 0.05) is 4.88 Å². The minimum absolute atomic E-state index is 0.234. The number of hydrogen-bond donors (Lipinski definition) is 0. The van der Waals surface area contributed by atoms with Gasteiger partial charge in [-0.2, -0.15) is 0 Å². The highest BCUT2D eigenvalue weighted by atomic mass is 32.2. The minimum Gasteiger partial charge on any atom is -0.465 e. The number of nitrogens with zero attached hydrogens (tertiary/aromatic N) is 4. The molecule has 0 spiro atoms. The number of aromatic nitrogens is 4. The zero-order valence-corrected chi connectivity index (χ0v) is 13.0. The molecule has 6 nitrogen and oxygen atoms in total. The Bertz CT molecular complexity index is 541. The van der Waals surface area contributed by atoms with Gasteiger partial charge in [0.1, 0.15) is 5.25 Å². The average Bonchev–Trinajstić information content (AvgIpc) is 3.09. The zero-order chi connectivity index (χ0) is 14.4. The van der Waals surface area contributed by atoms with Gasteiger partial charge in [0.15, 0.2) is 0 Å². The van der Waals surface area contributed by atoms with Gasteiger partial charge in [-0.1, -0.05) is 24.8 Å². The molecule has 2 rings (SSSR count). The number of hydrogen-bond acceptors (Lipinski definition) is 7. The molecule has 0 aliphatic heterocycles. The summed E-state index contributed by atoms with van der Waals surface area (Å²) < 4.78 is 6.81. The summed E-state index contributed by atoms with van der Waals surface area (Å²) in [6, 6.07) is 4.02. The van der Waals surface area contributed by atoms with E-state index in [1.807, 2.05) is 24.4 Å². The third-order valence-corrected chi connectivity index (χ3v) is 4.36. The summed E-state index contributed by atoms with van der Waals surface area (Å²) in [6.07, 6.45) is 0.819.